The Hall–Kier alpha value is -1.81. The highest BCUT2D eigenvalue weighted by Gasteiger charge is 2.17. The SMILES string of the molecule is CC1CN(c2ccc(N)c3ncccc23)CCCO1. The highest BCUT2D eigenvalue weighted by Crippen LogP contribution is 2.30. The van der Waals surface area contributed by atoms with Crippen molar-refractivity contribution in [2.24, 2.45) is 0 Å². The monoisotopic (exact) mass is 257 g/mol. The molecule has 0 spiro atoms. The Morgan fingerprint density at radius 2 is 2.26 bits per heavy atom. The average Bonchev–Trinajstić information content (AvgIpc) is 2.64. The molecule has 0 radical (unpaired) electrons. The molecule has 19 heavy (non-hydrogen) atoms. The lowest BCUT2D eigenvalue weighted by molar-refractivity contribution is 0.0821. The fourth-order valence-electron chi connectivity index (χ4n) is 2.67. The first-order valence-corrected chi connectivity index (χ1v) is 6.75. The number of nitrogens with two attached hydrogens (primary N) is 1. The van der Waals surface area contributed by atoms with E-state index in [9.17, 15) is 0 Å². The van der Waals surface area contributed by atoms with E-state index in [-0.39, 0.29) is 6.10 Å². The molecule has 4 nitrogen and oxygen atoms in total. The number of nitrogens with zero attached hydrogens (tertiary/aromatic N) is 2. The lowest BCUT2D eigenvalue weighted by atomic mass is 10.1. The average molecular weight is 257 g/mol. The molecular formula is C15H19N3O. The van der Waals surface area contributed by atoms with Gasteiger partial charge in [-0.15, -0.1) is 0 Å². The molecule has 1 fully saturated rings. The summed E-state index contributed by atoms with van der Waals surface area (Å²) in [4.78, 5) is 6.77. The topological polar surface area (TPSA) is 51.4 Å². The molecule has 1 aromatic carbocycles. The Balaban J connectivity index is 2.06. The molecule has 1 unspecified atom stereocenters. The second kappa shape index (κ2) is 5.05. The standard InChI is InChI=1S/C15H19N3O/c1-11-10-18(8-3-9-19-11)14-6-5-13(16)15-12(14)4-2-7-17-15/h2,4-7,11H,3,8-10,16H2,1H3. The number of ether oxygens (including phenoxy) is 1. The number of hydrogen-bond acceptors (Lipinski definition) is 4. The maximum absolute atomic E-state index is 6.01. The Morgan fingerprint density at radius 1 is 1.37 bits per heavy atom. The predicted molar refractivity (Wildman–Crippen MR) is 78.4 cm³/mol. The molecule has 0 bridgehead atoms. The number of nitrogen functional groups attached to an aromatic ring is 1. The van der Waals surface area contributed by atoms with E-state index in [0.717, 1.165) is 42.7 Å². The fourth-order valence-corrected chi connectivity index (χ4v) is 2.67. The molecule has 1 aromatic heterocycles. The Kier molecular flexibility index (Phi) is 3.25. The van der Waals surface area contributed by atoms with Crippen molar-refractivity contribution < 1.29 is 4.74 Å². The van der Waals surface area contributed by atoms with Gasteiger partial charge in [0.2, 0.25) is 0 Å². The van der Waals surface area contributed by atoms with Gasteiger partial charge in [0.05, 0.1) is 17.3 Å². The molecule has 2 aromatic rings. The van der Waals surface area contributed by atoms with Gasteiger partial charge in [-0.2, -0.15) is 0 Å². The van der Waals surface area contributed by atoms with Crippen molar-refractivity contribution in [2.75, 3.05) is 30.3 Å². The van der Waals surface area contributed by atoms with Crippen molar-refractivity contribution in [1.29, 1.82) is 0 Å². The number of rotatable bonds is 1. The Morgan fingerprint density at radius 3 is 3.16 bits per heavy atom. The maximum Gasteiger partial charge on any atom is 0.0951 e. The Labute approximate surface area is 113 Å². The summed E-state index contributed by atoms with van der Waals surface area (Å²) in [7, 11) is 0. The molecule has 1 aliphatic rings. The highest BCUT2D eigenvalue weighted by molar-refractivity contribution is 5.98. The van der Waals surface area contributed by atoms with E-state index in [2.05, 4.69) is 28.9 Å². The van der Waals surface area contributed by atoms with Crippen LogP contribution < -0.4 is 10.6 Å². The van der Waals surface area contributed by atoms with Gasteiger partial charge >= 0.3 is 0 Å². The third-order valence-electron chi connectivity index (χ3n) is 3.57. The molecule has 1 aliphatic heterocycles. The van der Waals surface area contributed by atoms with Crippen LogP contribution in [0.1, 0.15) is 13.3 Å². The molecule has 2 N–H and O–H groups in total. The number of benzene rings is 1. The van der Waals surface area contributed by atoms with Crippen molar-refractivity contribution in [3.63, 3.8) is 0 Å². The van der Waals surface area contributed by atoms with E-state index in [4.69, 9.17) is 10.5 Å². The van der Waals surface area contributed by atoms with Gasteiger partial charge in [0.25, 0.3) is 0 Å². The molecule has 1 saturated heterocycles. The van der Waals surface area contributed by atoms with E-state index in [1.165, 1.54) is 5.69 Å². The largest absolute Gasteiger partial charge is 0.397 e. The molecule has 0 saturated carbocycles. The van der Waals surface area contributed by atoms with Gasteiger partial charge in [-0.25, -0.2) is 0 Å². The minimum atomic E-state index is 0.256. The molecule has 0 aliphatic carbocycles. The van der Waals surface area contributed by atoms with Crippen LogP contribution in [-0.2, 0) is 4.74 Å². The third kappa shape index (κ3) is 2.36. The van der Waals surface area contributed by atoms with Crippen molar-refractivity contribution in [3.8, 4) is 0 Å². The zero-order chi connectivity index (χ0) is 13.2. The fraction of sp³-hybridized carbons (Fsp3) is 0.400. The molecule has 3 rings (SSSR count). The molecule has 2 heterocycles. The van der Waals surface area contributed by atoms with Gasteiger partial charge in [0, 0.05) is 37.0 Å². The summed E-state index contributed by atoms with van der Waals surface area (Å²) >= 11 is 0. The molecule has 1 atom stereocenters. The molecule has 0 amide bonds. The van der Waals surface area contributed by atoms with E-state index < -0.39 is 0 Å². The highest BCUT2D eigenvalue weighted by atomic mass is 16.5. The second-order valence-corrected chi connectivity index (χ2v) is 5.05. The van der Waals surface area contributed by atoms with Crippen LogP contribution in [0.5, 0.6) is 0 Å². The van der Waals surface area contributed by atoms with Crippen LogP contribution in [0.3, 0.4) is 0 Å². The van der Waals surface area contributed by atoms with Crippen molar-refractivity contribution >= 4 is 22.3 Å². The number of aromatic nitrogens is 1. The van der Waals surface area contributed by atoms with Crippen LogP contribution >= 0.6 is 0 Å². The molecule has 4 heteroatoms. The van der Waals surface area contributed by atoms with Crippen molar-refractivity contribution in [1.82, 2.24) is 4.98 Å². The Bertz CT molecular complexity index is 585. The van der Waals surface area contributed by atoms with Gasteiger partial charge in [-0.05, 0) is 37.6 Å². The lowest BCUT2D eigenvalue weighted by Gasteiger charge is -2.25. The van der Waals surface area contributed by atoms with Crippen LogP contribution in [0.2, 0.25) is 0 Å². The first kappa shape index (κ1) is 12.2. The van der Waals surface area contributed by atoms with Crippen molar-refractivity contribution in [3.05, 3.63) is 30.5 Å². The zero-order valence-corrected chi connectivity index (χ0v) is 11.2. The summed E-state index contributed by atoms with van der Waals surface area (Å²) in [6.07, 6.45) is 3.10. The van der Waals surface area contributed by atoms with Gasteiger partial charge in [0.1, 0.15) is 0 Å². The molecule has 100 valence electrons. The van der Waals surface area contributed by atoms with Crippen LogP contribution in [0.15, 0.2) is 30.5 Å². The van der Waals surface area contributed by atoms with Crippen LogP contribution in [0.25, 0.3) is 10.9 Å². The first-order valence-electron chi connectivity index (χ1n) is 6.75. The van der Waals surface area contributed by atoms with Crippen LogP contribution in [0, 0.1) is 0 Å². The summed E-state index contributed by atoms with van der Waals surface area (Å²) in [6, 6.07) is 8.09. The van der Waals surface area contributed by atoms with E-state index in [1.807, 2.05) is 12.1 Å². The van der Waals surface area contributed by atoms with Gasteiger partial charge < -0.3 is 15.4 Å². The third-order valence-corrected chi connectivity index (χ3v) is 3.57. The number of hydrogen-bond donors (Lipinski definition) is 1. The molecular weight excluding hydrogens is 238 g/mol. The number of anilines is 2. The first-order chi connectivity index (χ1) is 9.25. The zero-order valence-electron chi connectivity index (χ0n) is 11.2. The van der Waals surface area contributed by atoms with E-state index in [1.54, 1.807) is 6.20 Å². The summed E-state index contributed by atoms with van der Waals surface area (Å²) < 4.78 is 5.71. The van der Waals surface area contributed by atoms with E-state index >= 15 is 0 Å². The van der Waals surface area contributed by atoms with Gasteiger partial charge in [-0.3, -0.25) is 4.98 Å². The predicted octanol–water partition coefficient (Wildman–Crippen LogP) is 2.43. The maximum atomic E-state index is 6.01. The van der Waals surface area contributed by atoms with Gasteiger partial charge in [-0.1, -0.05) is 0 Å². The summed E-state index contributed by atoms with van der Waals surface area (Å²) in [5.74, 6) is 0. The quantitative estimate of drug-likeness (QED) is 0.797. The number of fused-ring (bicyclic) bond motifs is 1. The van der Waals surface area contributed by atoms with Gasteiger partial charge in [0.15, 0.2) is 0 Å². The van der Waals surface area contributed by atoms with Crippen LogP contribution in [-0.4, -0.2) is 30.8 Å². The van der Waals surface area contributed by atoms with Crippen molar-refractivity contribution in [2.45, 2.75) is 19.4 Å². The smallest absolute Gasteiger partial charge is 0.0951 e. The summed E-state index contributed by atoms with van der Waals surface area (Å²) in [5.41, 5.74) is 8.83. The minimum absolute atomic E-state index is 0.256. The summed E-state index contributed by atoms with van der Waals surface area (Å²) in [6.45, 7) is 4.88. The van der Waals surface area contributed by atoms with Crippen LogP contribution in [0.4, 0.5) is 11.4 Å². The summed E-state index contributed by atoms with van der Waals surface area (Å²) in [5, 5.41) is 1.12. The minimum Gasteiger partial charge on any atom is -0.397 e. The van der Waals surface area contributed by atoms with E-state index in [0.29, 0.717) is 0 Å². The number of pyridine rings is 1. The second-order valence-electron chi connectivity index (χ2n) is 5.05. The lowest BCUT2D eigenvalue weighted by Crippen LogP contribution is -2.30. The normalized spacial score (nSPS) is 20.5.